The Morgan fingerprint density at radius 3 is 2.47 bits per heavy atom. The summed E-state index contributed by atoms with van der Waals surface area (Å²) in [7, 11) is 0. The molecule has 2 atom stereocenters. The molecule has 4 rings (SSSR count). The van der Waals surface area contributed by atoms with Crippen LogP contribution in [0.5, 0.6) is 0 Å². The number of carbonyl (C=O) groups is 2. The monoisotopic (exact) mass is 412 g/mol. The van der Waals surface area contributed by atoms with Gasteiger partial charge in [-0.05, 0) is 37.5 Å². The Balaban J connectivity index is 1.29. The molecule has 1 aromatic rings. The molecular weight excluding hydrogens is 387 g/mol. The van der Waals surface area contributed by atoms with Crippen LogP contribution >= 0.6 is 0 Å². The van der Waals surface area contributed by atoms with Crippen molar-refractivity contribution in [2.45, 2.75) is 13.3 Å². The number of halogens is 1. The number of allylic oxidation sites excluding steroid dienone is 3. The van der Waals surface area contributed by atoms with Crippen LogP contribution in [0.4, 0.5) is 4.39 Å². The standard InChI is InChI=1S/C23H25FN2O4/c1-15(7-8-21-16(2)29-14-30-21)18-13-19(18)23(28)26-11-9-25(10-12-26)22(27)17-5-3-4-6-20(17)24/h3-8,18-19H,2,9-14H2,1H3/b15-7+,21-8+. The quantitative estimate of drug-likeness (QED) is 0.763. The molecule has 1 aromatic carbocycles. The van der Waals surface area contributed by atoms with E-state index in [2.05, 4.69) is 6.58 Å². The van der Waals surface area contributed by atoms with Gasteiger partial charge in [0.15, 0.2) is 11.5 Å². The second kappa shape index (κ2) is 8.34. The Bertz CT molecular complexity index is 931. The molecule has 3 aliphatic rings. The van der Waals surface area contributed by atoms with Crippen molar-refractivity contribution in [1.29, 1.82) is 0 Å². The highest BCUT2D eigenvalue weighted by atomic mass is 19.1. The van der Waals surface area contributed by atoms with Crippen molar-refractivity contribution in [3.05, 3.63) is 71.5 Å². The summed E-state index contributed by atoms with van der Waals surface area (Å²) in [6.45, 7) is 7.74. The van der Waals surface area contributed by atoms with Crippen molar-refractivity contribution < 1.29 is 23.5 Å². The smallest absolute Gasteiger partial charge is 0.256 e. The predicted octanol–water partition coefficient (Wildman–Crippen LogP) is 3.09. The summed E-state index contributed by atoms with van der Waals surface area (Å²) < 4.78 is 24.3. The molecule has 3 fully saturated rings. The third kappa shape index (κ3) is 4.10. The van der Waals surface area contributed by atoms with Crippen LogP contribution in [0.3, 0.4) is 0 Å². The Morgan fingerprint density at radius 2 is 1.80 bits per heavy atom. The maximum Gasteiger partial charge on any atom is 0.256 e. The van der Waals surface area contributed by atoms with Gasteiger partial charge in [0, 0.05) is 32.1 Å². The van der Waals surface area contributed by atoms with E-state index in [0.29, 0.717) is 37.7 Å². The Labute approximate surface area is 175 Å². The molecule has 2 unspecified atom stereocenters. The lowest BCUT2D eigenvalue weighted by molar-refractivity contribution is -0.134. The van der Waals surface area contributed by atoms with Crippen LogP contribution in [-0.2, 0) is 14.3 Å². The lowest BCUT2D eigenvalue weighted by atomic mass is 10.1. The summed E-state index contributed by atoms with van der Waals surface area (Å²) in [6, 6.07) is 5.99. The number of piperazine rings is 1. The number of nitrogens with zero attached hydrogens (tertiary/aromatic N) is 2. The third-order valence-electron chi connectivity index (χ3n) is 5.90. The van der Waals surface area contributed by atoms with Crippen molar-refractivity contribution in [3.63, 3.8) is 0 Å². The summed E-state index contributed by atoms with van der Waals surface area (Å²) in [5.41, 5.74) is 1.20. The van der Waals surface area contributed by atoms with E-state index in [9.17, 15) is 14.0 Å². The molecular formula is C23H25FN2O4. The predicted molar refractivity (Wildman–Crippen MR) is 108 cm³/mol. The molecule has 0 bridgehead atoms. The van der Waals surface area contributed by atoms with E-state index >= 15 is 0 Å². The van der Waals surface area contributed by atoms with Crippen LogP contribution in [0.25, 0.3) is 0 Å². The van der Waals surface area contributed by atoms with E-state index in [1.165, 1.54) is 12.1 Å². The number of benzene rings is 1. The van der Waals surface area contributed by atoms with E-state index in [0.717, 1.165) is 12.0 Å². The maximum atomic E-state index is 13.9. The SMILES string of the molecule is C=C1OCO/C1=C/C=C(\C)C1CC1C(=O)N1CCN(C(=O)c2ccccc2F)CC1. The van der Waals surface area contributed by atoms with Crippen molar-refractivity contribution >= 4 is 11.8 Å². The molecule has 0 aromatic heterocycles. The molecule has 1 saturated carbocycles. The first-order chi connectivity index (χ1) is 14.5. The summed E-state index contributed by atoms with van der Waals surface area (Å²) in [4.78, 5) is 28.8. The molecule has 1 aliphatic carbocycles. The van der Waals surface area contributed by atoms with E-state index < -0.39 is 5.82 Å². The van der Waals surface area contributed by atoms with Gasteiger partial charge >= 0.3 is 0 Å². The first-order valence-electron chi connectivity index (χ1n) is 10.1. The molecule has 2 amide bonds. The van der Waals surface area contributed by atoms with Crippen LogP contribution in [0.1, 0.15) is 23.7 Å². The Morgan fingerprint density at radius 1 is 1.10 bits per heavy atom. The van der Waals surface area contributed by atoms with Crippen molar-refractivity contribution in [3.8, 4) is 0 Å². The molecule has 2 saturated heterocycles. The summed E-state index contributed by atoms with van der Waals surface area (Å²) in [5.74, 6) is 0.635. The number of ether oxygens (including phenoxy) is 2. The number of hydrogen-bond donors (Lipinski definition) is 0. The summed E-state index contributed by atoms with van der Waals surface area (Å²) in [5, 5.41) is 0. The summed E-state index contributed by atoms with van der Waals surface area (Å²) >= 11 is 0. The normalized spacial score (nSPS) is 25.2. The second-order valence-electron chi connectivity index (χ2n) is 7.82. The first-order valence-corrected chi connectivity index (χ1v) is 10.1. The molecule has 2 aliphatic heterocycles. The largest absolute Gasteiger partial charge is 0.454 e. The third-order valence-corrected chi connectivity index (χ3v) is 5.90. The average molecular weight is 412 g/mol. The zero-order chi connectivity index (χ0) is 21.3. The van der Waals surface area contributed by atoms with Crippen molar-refractivity contribution in [2.75, 3.05) is 33.0 Å². The Hall–Kier alpha value is -3.09. The minimum atomic E-state index is -0.516. The zero-order valence-electron chi connectivity index (χ0n) is 17.0. The number of rotatable bonds is 4. The van der Waals surface area contributed by atoms with Gasteiger partial charge < -0.3 is 19.3 Å². The minimum absolute atomic E-state index is 0.0163. The molecule has 158 valence electrons. The maximum absolute atomic E-state index is 13.9. The minimum Gasteiger partial charge on any atom is -0.454 e. The van der Waals surface area contributed by atoms with Gasteiger partial charge in [0.25, 0.3) is 5.91 Å². The van der Waals surface area contributed by atoms with E-state index in [4.69, 9.17) is 9.47 Å². The number of amides is 2. The molecule has 0 radical (unpaired) electrons. The molecule has 0 N–H and O–H groups in total. The fourth-order valence-corrected chi connectivity index (χ4v) is 3.93. The van der Waals surface area contributed by atoms with Gasteiger partial charge in [0.05, 0.1) is 5.56 Å². The lowest BCUT2D eigenvalue weighted by Gasteiger charge is -2.35. The zero-order valence-corrected chi connectivity index (χ0v) is 17.0. The van der Waals surface area contributed by atoms with Crippen LogP contribution in [0.2, 0.25) is 0 Å². The van der Waals surface area contributed by atoms with Gasteiger partial charge in [0.2, 0.25) is 12.7 Å². The first kappa shape index (κ1) is 20.2. The second-order valence-corrected chi connectivity index (χ2v) is 7.82. The number of hydrogen-bond acceptors (Lipinski definition) is 4. The highest BCUT2D eigenvalue weighted by Gasteiger charge is 2.46. The highest BCUT2D eigenvalue weighted by molar-refractivity contribution is 5.94. The van der Waals surface area contributed by atoms with Gasteiger partial charge in [-0.15, -0.1) is 0 Å². The van der Waals surface area contributed by atoms with E-state index in [1.807, 2.05) is 24.0 Å². The van der Waals surface area contributed by atoms with Gasteiger partial charge in [-0.3, -0.25) is 9.59 Å². The lowest BCUT2D eigenvalue weighted by Crippen LogP contribution is -2.51. The topological polar surface area (TPSA) is 59.1 Å². The molecule has 0 spiro atoms. The summed E-state index contributed by atoms with van der Waals surface area (Å²) in [6.07, 6.45) is 4.62. The van der Waals surface area contributed by atoms with E-state index in [-0.39, 0.29) is 36.0 Å². The van der Waals surface area contributed by atoms with Crippen molar-refractivity contribution in [1.82, 2.24) is 9.80 Å². The van der Waals surface area contributed by atoms with Gasteiger partial charge in [-0.1, -0.05) is 30.4 Å². The molecule has 7 heteroatoms. The molecule has 30 heavy (non-hydrogen) atoms. The van der Waals surface area contributed by atoms with Crippen molar-refractivity contribution in [2.24, 2.45) is 11.8 Å². The molecule has 2 heterocycles. The molecule has 6 nitrogen and oxygen atoms in total. The van der Waals surface area contributed by atoms with E-state index in [1.54, 1.807) is 17.0 Å². The van der Waals surface area contributed by atoms with Gasteiger partial charge in [-0.25, -0.2) is 4.39 Å². The van der Waals surface area contributed by atoms with Crippen LogP contribution in [0, 0.1) is 17.7 Å². The number of carbonyl (C=O) groups excluding carboxylic acids is 2. The van der Waals surface area contributed by atoms with Crippen LogP contribution in [0.15, 0.2) is 60.1 Å². The fraction of sp³-hybridized carbons (Fsp3) is 0.391. The van der Waals surface area contributed by atoms with Gasteiger partial charge in [0.1, 0.15) is 5.82 Å². The average Bonchev–Trinajstić information content (AvgIpc) is 3.46. The van der Waals surface area contributed by atoms with Crippen LogP contribution in [-0.4, -0.2) is 54.6 Å². The Kier molecular flexibility index (Phi) is 5.61. The fourth-order valence-electron chi connectivity index (χ4n) is 3.93. The van der Waals surface area contributed by atoms with Crippen LogP contribution < -0.4 is 0 Å². The highest BCUT2D eigenvalue weighted by Crippen LogP contribution is 2.45. The van der Waals surface area contributed by atoms with Gasteiger partial charge in [-0.2, -0.15) is 0 Å².